The van der Waals surface area contributed by atoms with Gasteiger partial charge in [-0.15, -0.1) is 0 Å². The number of nitrogens with zero attached hydrogens (tertiary/aromatic N) is 3. The van der Waals surface area contributed by atoms with Crippen molar-refractivity contribution >= 4 is 34.8 Å². The molecule has 3 saturated heterocycles. The largest absolute Gasteiger partial charge is 0.418 e. The highest BCUT2D eigenvalue weighted by molar-refractivity contribution is 6.33. The smallest absolute Gasteiger partial charge is 0.397 e. The van der Waals surface area contributed by atoms with Crippen LogP contribution in [0.2, 0.25) is 5.02 Å². The van der Waals surface area contributed by atoms with Crippen LogP contribution in [0.4, 0.5) is 24.5 Å². The number of aliphatic hydroxyl groups is 1. The zero-order valence-corrected chi connectivity index (χ0v) is 28.0. The highest BCUT2D eigenvalue weighted by atomic mass is 35.5. The fourth-order valence-corrected chi connectivity index (χ4v) is 8.47. The van der Waals surface area contributed by atoms with Crippen molar-refractivity contribution in [3.05, 3.63) is 58.1 Å². The Labute approximate surface area is 284 Å². The molecule has 4 N–H and O–H groups in total. The van der Waals surface area contributed by atoms with Gasteiger partial charge in [0.15, 0.2) is 0 Å². The van der Waals surface area contributed by atoms with Crippen LogP contribution in [0, 0.1) is 11.8 Å². The van der Waals surface area contributed by atoms with E-state index in [0.717, 1.165) is 56.1 Å². The van der Waals surface area contributed by atoms with E-state index >= 15 is 0 Å². The third-order valence-electron chi connectivity index (χ3n) is 11.1. The number of rotatable bonds is 7. The lowest BCUT2D eigenvalue weighted by molar-refractivity contribution is -0.226. The van der Waals surface area contributed by atoms with Gasteiger partial charge in [0, 0.05) is 50.1 Å². The zero-order chi connectivity index (χ0) is 34.2. The summed E-state index contributed by atoms with van der Waals surface area (Å²) >= 11 is 6.13. The normalized spacial score (nSPS) is 22.7. The first-order chi connectivity index (χ1) is 22.8. The summed E-state index contributed by atoms with van der Waals surface area (Å²) < 4.78 is 47.5. The molecule has 9 nitrogen and oxygen atoms in total. The number of carbonyl (C=O) groups is 2. The first-order valence-corrected chi connectivity index (χ1v) is 17.3. The molecule has 13 heteroatoms. The summed E-state index contributed by atoms with van der Waals surface area (Å²) in [5.41, 5.74) is 5.64. The van der Waals surface area contributed by atoms with Crippen LogP contribution in [0.3, 0.4) is 0 Å². The van der Waals surface area contributed by atoms with Gasteiger partial charge in [-0.1, -0.05) is 29.8 Å². The van der Waals surface area contributed by atoms with Gasteiger partial charge in [-0.25, -0.2) is 0 Å². The van der Waals surface area contributed by atoms with Crippen molar-refractivity contribution in [2.24, 2.45) is 11.8 Å². The Morgan fingerprint density at radius 3 is 2.33 bits per heavy atom. The molecular formula is C35H45ClF3N5O4. The lowest BCUT2D eigenvalue weighted by Gasteiger charge is -2.46. The molecule has 1 unspecified atom stereocenters. The second-order valence-corrected chi connectivity index (χ2v) is 14.5. The van der Waals surface area contributed by atoms with Crippen molar-refractivity contribution in [3.8, 4) is 0 Å². The number of para-hydroxylation sites is 1. The van der Waals surface area contributed by atoms with E-state index in [4.69, 9.17) is 22.1 Å². The Hall–Kier alpha value is -2.90. The Balaban J connectivity index is 1.17. The molecule has 6 rings (SSSR count). The summed E-state index contributed by atoms with van der Waals surface area (Å²) in [6.07, 6.45) is -2.20. The Kier molecular flexibility index (Phi) is 10.3. The first kappa shape index (κ1) is 34.9. The number of nitrogens with one attached hydrogen (secondary N) is 1. The molecule has 2 aromatic carbocycles. The van der Waals surface area contributed by atoms with Crippen molar-refractivity contribution in [1.82, 2.24) is 14.7 Å². The summed E-state index contributed by atoms with van der Waals surface area (Å²) in [5, 5.41) is 14.0. The van der Waals surface area contributed by atoms with Crippen LogP contribution < -0.4 is 11.1 Å². The molecule has 4 aliphatic heterocycles. The van der Waals surface area contributed by atoms with Gasteiger partial charge in [0.25, 0.3) is 5.91 Å². The van der Waals surface area contributed by atoms with E-state index in [1.54, 1.807) is 9.80 Å². The van der Waals surface area contributed by atoms with Crippen molar-refractivity contribution in [1.29, 1.82) is 0 Å². The third-order valence-corrected chi connectivity index (χ3v) is 11.4. The highest BCUT2D eigenvalue weighted by Crippen LogP contribution is 2.45. The maximum absolute atomic E-state index is 14.0. The molecule has 4 aliphatic rings. The summed E-state index contributed by atoms with van der Waals surface area (Å²) in [4.78, 5) is 32.4. The van der Waals surface area contributed by atoms with E-state index < -0.39 is 29.9 Å². The number of fused-ring (bicyclic) bond motifs is 2. The molecule has 4 heterocycles. The number of alkyl halides is 3. The average molecular weight is 692 g/mol. The Morgan fingerprint density at radius 2 is 1.69 bits per heavy atom. The monoisotopic (exact) mass is 691 g/mol. The van der Waals surface area contributed by atoms with Crippen molar-refractivity contribution < 1.29 is 32.6 Å². The molecule has 2 amide bonds. The van der Waals surface area contributed by atoms with E-state index in [9.17, 15) is 27.9 Å². The second-order valence-electron chi connectivity index (χ2n) is 14.1. The number of nitrogen functional groups attached to an aromatic ring is 1. The number of carbonyl (C=O) groups excluding carboxylic acids is 2. The number of ether oxygens (including phenoxy) is 1. The number of hydrogen-bond acceptors (Lipinski definition) is 7. The molecular weight excluding hydrogens is 647 g/mol. The van der Waals surface area contributed by atoms with Gasteiger partial charge < -0.3 is 30.7 Å². The minimum Gasteiger partial charge on any atom is -0.397 e. The predicted molar refractivity (Wildman–Crippen MR) is 177 cm³/mol. The summed E-state index contributed by atoms with van der Waals surface area (Å²) in [5.74, 6) is 0.716. The lowest BCUT2D eigenvalue weighted by atomic mass is 9.68. The molecule has 2 atom stereocenters. The highest BCUT2D eigenvalue weighted by Gasteiger charge is 2.44. The standard InChI is InChI=1S/C35H45ClF3N5O4/c1-42-12-6-23(7-13-42)24-8-14-43(15-9-24)32(46)29(20-22-18-26(35(37,38)39)31(40)27(36)19-22)48-33(47)44-16-10-34(11-17-44)21-30(45)41-28-5-3-2-4-25(28)34/h2-5,18-19,23-24,29,33,47H,6-17,20-21,40H2,1H3,(H,41,45)/t29-,33?/m1/s1. The molecule has 0 saturated carbocycles. The Bertz CT molecular complexity index is 1490. The molecule has 3 fully saturated rings. The van der Waals surface area contributed by atoms with Crippen LogP contribution in [0.15, 0.2) is 36.4 Å². The van der Waals surface area contributed by atoms with Gasteiger partial charge in [-0.05, 0) is 99.8 Å². The minimum atomic E-state index is -4.74. The number of anilines is 2. The van der Waals surface area contributed by atoms with Crippen molar-refractivity contribution in [2.45, 2.75) is 75.5 Å². The molecule has 0 aromatic heterocycles. The third kappa shape index (κ3) is 7.47. The van der Waals surface area contributed by atoms with Gasteiger partial charge in [0.05, 0.1) is 16.3 Å². The van der Waals surface area contributed by atoms with Crippen LogP contribution in [-0.4, -0.2) is 90.5 Å². The van der Waals surface area contributed by atoms with E-state index in [-0.39, 0.29) is 34.2 Å². The fourth-order valence-electron chi connectivity index (χ4n) is 8.23. The molecule has 2 aromatic rings. The Morgan fingerprint density at radius 1 is 1.06 bits per heavy atom. The number of nitrogens with two attached hydrogens (primary N) is 1. The molecule has 262 valence electrons. The molecule has 0 aliphatic carbocycles. The maximum atomic E-state index is 14.0. The summed E-state index contributed by atoms with van der Waals surface area (Å²) in [7, 11) is 2.13. The molecule has 1 spiro atoms. The quantitative estimate of drug-likeness (QED) is 0.274. The first-order valence-electron chi connectivity index (χ1n) is 16.9. The molecule has 0 bridgehead atoms. The number of hydrogen-bond donors (Lipinski definition) is 3. The van der Waals surface area contributed by atoms with Gasteiger partial charge in [0.1, 0.15) is 6.10 Å². The van der Waals surface area contributed by atoms with Gasteiger partial charge >= 0.3 is 6.18 Å². The number of benzene rings is 2. The van der Waals surface area contributed by atoms with Crippen LogP contribution in [0.1, 0.15) is 61.6 Å². The minimum absolute atomic E-state index is 0.0513. The maximum Gasteiger partial charge on any atom is 0.418 e. The number of halogens is 4. The fraction of sp³-hybridized carbons (Fsp3) is 0.600. The van der Waals surface area contributed by atoms with Crippen LogP contribution in [0.5, 0.6) is 0 Å². The summed E-state index contributed by atoms with van der Waals surface area (Å²) in [6.45, 7) is 3.98. The van der Waals surface area contributed by atoms with Gasteiger partial charge in [-0.2, -0.15) is 13.2 Å². The van der Waals surface area contributed by atoms with Crippen molar-refractivity contribution in [3.63, 3.8) is 0 Å². The summed E-state index contributed by atoms with van der Waals surface area (Å²) in [6, 6.07) is 9.96. The number of likely N-dealkylation sites (tertiary alicyclic amines) is 3. The van der Waals surface area contributed by atoms with Gasteiger partial charge in [-0.3, -0.25) is 14.5 Å². The zero-order valence-electron chi connectivity index (χ0n) is 27.3. The molecule has 48 heavy (non-hydrogen) atoms. The lowest BCUT2D eigenvalue weighted by Crippen LogP contribution is -2.53. The SMILES string of the molecule is CN1CCC(C2CCN(C(=O)[C@@H](Cc3cc(Cl)c(N)c(C(F)(F)F)c3)OC(O)N3CCC4(CC3)CC(=O)Nc3ccccc34)CC2)CC1. The number of aliphatic hydroxyl groups excluding tert-OH is 1. The number of amides is 2. The van der Waals surface area contributed by atoms with Crippen LogP contribution >= 0.6 is 11.6 Å². The van der Waals surface area contributed by atoms with Crippen molar-refractivity contribution in [2.75, 3.05) is 57.4 Å². The van der Waals surface area contributed by atoms with E-state index in [0.29, 0.717) is 57.3 Å². The molecule has 0 radical (unpaired) electrons. The topological polar surface area (TPSA) is 111 Å². The van der Waals surface area contributed by atoms with E-state index in [2.05, 4.69) is 17.3 Å². The predicted octanol–water partition coefficient (Wildman–Crippen LogP) is 5.10. The van der Waals surface area contributed by atoms with Crippen LogP contribution in [0.25, 0.3) is 0 Å². The average Bonchev–Trinajstić information content (AvgIpc) is 3.06. The van der Waals surface area contributed by atoms with E-state index in [1.807, 2.05) is 24.3 Å². The number of piperidine rings is 3. The van der Waals surface area contributed by atoms with E-state index in [1.165, 1.54) is 6.07 Å². The van der Waals surface area contributed by atoms with Gasteiger partial charge in [0.2, 0.25) is 12.3 Å². The van der Waals surface area contributed by atoms with Crippen LogP contribution in [-0.2, 0) is 32.3 Å². The second kappa shape index (κ2) is 14.1.